The van der Waals surface area contributed by atoms with E-state index in [2.05, 4.69) is 10.3 Å². The predicted octanol–water partition coefficient (Wildman–Crippen LogP) is 2.33. The van der Waals surface area contributed by atoms with Gasteiger partial charge in [-0.05, 0) is 31.2 Å². The van der Waals surface area contributed by atoms with Crippen molar-refractivity contribution in [2.45, 2.75) is 25.4 Å². The molecule has 6 heteroatoms. The molecule has 0 spiro atoms. The molecule has 1 aromatic carbocycles. The highest BCUT2D eigenvalue weighted by Gasteiger charge is 2.17. The Labute approximate surface area is 135 Å². The van der Waals surface area contributed by atoms with Crippen molar-refractivity contribution in [3.05, 3.63) is 36.0 Å². The van der Waals surface area contributed by atoms with E-state index in [9.17, 15) is 4.79 Å². The minimum Gasteiger partial charge on any atom is -0.361 e. The van der Waals surface area contributed by atoms with Crippen LogP contribution in [-0.4, -0.2) is 35.0 Å². The van der Waals surface area contributed by atoms with Gasteiger partial charge in [-0.3, -0.25) is 4.79 Å². The van der Waals surface area contributed by atoms with Crippen LogP contribution < -0.4 is 11.1 Å². The van der Waals surface area contributed by atoms with Crippen LogP contribution in [0.4, 0.5) is 0 Å². The Morgan fingerprint density at radius 1 is 1.43 bits per heavy atom. The van der Waals surface area contributed by atoms with Crippen molar-refractivity contribution >= 4 is 41.0 Å². The molecular weight excluding hydrogens is 306 g/mol. The number of rotatable bonds is 6. The van der Waals surface area contributed by atoms with E-state index in [-0.39, 0.29) is 24.4 Å². The summed E-state index contributed by atoms with van der Waals surface area (Å²) in [4.78, 5) is 15.2. The largest absolute Gasteiger partial charge is 0.361 e. The molecular formula is C15H22ClN3OS. The highest BCUT2D eigenvalue weighted by molar-refractivity contribution is 7.98. The zero-order chi connectivity index (χ0) is 14.5. The lowest BCUT2D eigenvalue weighted by Crippen LogP contribution is -2.46. The van der Waals surface area contributed by atoms with Gasteiger partial charge in [0, 0.05) is 28.9 Å². The van der Waals surface area contributed by atoms with Crippen LogP contribution in [0.3, 0.4) is 0 Å². The molecule has 1 amide bonds. The van der Waals surface area contributed by atoms with Gasteiger partial charge in [-0.2, -0.15) is 11.8 Å². The molecule has 0 radical (unpaired) electrons. The number of para-hydroxylation sites is 1. The van der Waals surface area contributed by atoms with Gasteiger partial charge in [0.1, 0.15) is 0 Å². The van der Waals surface area contributed by atoms with Crippen LogP contribution >= 0.6 is 24.2 Å². The van der Waals surface area contributed by atoms with E-state index in [4.69, 9.17) is 5.73 Å². The Hall–Kier alpha value is -1.17. The lowest BCUT2D eigenvalue weighted by atomic mass is 10.0. The third-order valence-electron chi connectivity index (χ3n) is 3.26. The first-order valence-corrected chi connectivity index (χ1v) is 8.11. The first-order valence-electron chi connectivity index (χ1n) is 6.71. The average molecular weight is 328 g/mol. The highest BCUT2D eigenvalue weighted by Crippen LogP contribution is 2.18. The zero-order valence-corrected chi connectivity index (χ0v) is 13.9. The van der Waals surface area contributed by atoms with Crippen molar-refractivity contribution in [1.29, 1.82) is 0 Å². The van der Waals surface area contributed by atoms with Crippen LogP contribution in [0.2, 0.25) is 0 Å². The van der Waals surface area contributed by atoms with Crippen molar-refractivity contribution in [2.75, 3.05) is 12.0 Å². The number of carbonyl (C=O) groups is 1. The summed E-state index contributed by atoms with van der Waals surface area (Å²) in [5, 5.41) is 4.08. The van der Waals surface area contributed by atoms with Crippen molar-refractivity contribution in [1.82, 2.24) is 10.3 Å². The number of fused-ring (bicyclic) bond motifs is 1. The Morgan fingerprint density at radius 3 is 2.86 bits per heavy atom. The van der Waals surface area contributed by atoms with Gasteiger partial charge in [0.2, 0.25) is 5.91 Å². The molecule has 1 aromatic heterocycles. The number of hydrogen-bond donors (Lipinski definition) is 3. The second kappa shape index (κ2) is 8.32. The van der Waals surface area contributed by atoms with Gasteiger partial charge in [0.25, 0.3) is 0 Å². The molecule has 1 unspecified atom stereocenters. The second-order valence-corrected chi connectivity index (χ2v) is 5.95. The molecule has 0 saturated heterocycles. The van der Waals surface area contributed by atoms with Gasteiger partial charge in [0.05, 0.1) is 6.04 Å². The molecule has 116 valence electrons. The summed E-state index contributed by atoms with van der Waals surface area (Å²) < 4.78 is 0. The number of H-pyrrole nitrogens is 1. The summed E-state index contributed by atoms with van der Waals surface area (Å²) in [6.07, 6.45) is 4.50. The van der Waals surface area contributed by atoms with E-state index < -0.39 is 6.04 Å². The van der Waals surface area contributed by atoms with Crippen LogP contribution in [0.1, 0.15) is 12.5 Å². The Bertz CT molecular complexity index is 587. The number of nitrogens with one attached hydrogen (secondary N) is 2. The number of benzene rings is 1. The monoisotopic (exact) mass is 327 g/mol. The number of thioether (sulfide) groups is 1. The smallest absolute Gasteiger partial charge is 0.237 e. The fraction of sp³-hybridized carbons (Fsp3) is 0.400. The lowest BCUT2D eigenvalue weighted by Gasteiger charge is -2.16. The maximum atomic E-state index is 12.0. The fourth-order valence-electron chi connectivity index (χ4n) is 2.27. The number of aromatic amines is 1. The fourth-order valence-corrected chi connectivity index (χ4v) is 2.86. The second-order valence-electron chi connectivity index (χ2n) is 5.04. The Morgan fingerprint density at radius 2 is 2.14 bits per heavy atom. The van der Waals surface area contributed by atoms with E-state index in [1.807, 2.05) is 43.6 Å². The van der Waals surface area contributed by atoms with Crippen molar-refractivity contribution in [2.24, 2.45) is 5.73 Å². The van der Waals surface area contributed by atoms with Gasteiger partial charge in [-0.15, -0.1) is 12.4 Å². The van der Waals surface area contributed by atoms with Crippen molar-refractivity contribution in [3.8, 4) is 0 Å². The van der Waals surface area contributed by atoms with Gasteiger partial charge >= 0.3 is 0 Å². The SMILES string of the molecule is CSCC(C)NC(=O)[C@@H](N)Cc1c[nH]c2ccccc12.Cl. The number of amides is 1. The van der Waals surface area contributed by atoms with Crippen LogP contribution in [0.25, 0.3) is 10.9 Å². The molecule has 0 fully saturated rings. The average Bonchev–Trinajstić information content (AvgIpc) is 2.82. The molecule has 0 bridgehead atoms. The number of halogens is 1. The standard InChI is InChI=1S/C15H21N3OS.ClH/c1-10(9-20-2)18-15(19)13(16)7-11-8-17-14-6-4-3-5-12(11)14;/h3-6,8,10,13,17H,7,9,16H2,1-2H3,(H,18,19);1H/t10?,13-;/m0./s1. The number of hydrogen-bond acceptors (Lipinski definition) is 3. The molecule has 0 aliphatic heterocycles. The van der Waals surface area contributed by atoms with E-state index in [1.165, 1.54) is 0 Å². The van der Waals surface area contributed by atoms with Crippen molar-refractivity contribution in [3.63, 3.8) is 0 Å². The normalized spacial score (nSPS) is 13.5. The Balaban J connectivity index is 0.00000220. The van der Waals surface area contributed by atoms with Crippen LogP contribution in [0, 0.1) is 0 Å². The minimum atomic E-state index is -0.515. The first-order chi connectivity index (χ1) is 9.61. The molecule has 2 rings (SSSR count). The van der Waals surface area contributed by atoms with Crippen LogP contribution in [0.15, 0.2) is 30.5 Å². The number of nitrogens with two attached hydrogens (primary N) is 1. The van der Waals surface area contributed by atoms with Gasteiger partial charge in [0.15, 0.2) is 0 Å². The quantitative estimate of drug-likeness (QED) is 0.762. The molecule has 0 aliphatic carbocycles. The third kappa shape index (κ3) is 4.66. The number of carbonyl (C=O) groups excluding carboxylic acids is 1. The molecule has 2 aromatic rings. The summed E-state index contributed by atoms with van der Waals surface area (Å²) in [6, 6.07) is 7.67. The first kappa shape index (κ1) is 17.9. The molecule has 2 atom stereocenters. The summed E-state index contributed by atoms with van der Waals surface area (Å²) in [5.41, 5.74) is 8.17. The number of aromatic nitrogens is 1. The lowest BCUT2D eigenvalue weighted by molar-refractivity contribution is -0.122. The molecule has 0 aliphatic rings. The van der Waals surface area contributed by atoms with Gasteiger partial charge in [-0.1, -0.05) is 18.2 Å². The zero-order valence-electron chi connectivity index (χ0n) is 12.3. The molecule has 21 heavy (non-hydrogen) atoms. The van der Waals surface area contributed by atoms with E-state index in [0.29, 0.717) is 6.42 Å². The summed E-state index contributed by atoms with van der Waals surface area (Å²) >= 11 is 1.71. The van der Waals surface area contributed by atoms with E-state index >= 15 is 0 Å². The highest BCUT2D eigenvalue weighted by atomic mass is 35.5. The Kier molecular flexibility index (Phi) is 7.08. The van der Waals surface area contributed by atoms with E-state index in [1.54, 1.807) is 11.8 Å². The predicted molar refractivity (Wildman–Crippen MR) is 93.2 cm³/mol. The minimum absolute atomic E-state index is 0. The maximum absolute atomic E-state index is 12.0. The van der Waals surface area contributed by atoms with Crippen LogP contribution in [-0.2, 0) is 11.2 Å². The van der Waals surface area contributed by atoms with Crippen molar-refractivity contribution < 1.29 is 4.79 Å². The topological polar surface area (TPSA) is 70.9 Å². The third-order valence-corrected chi connectivity index (χ3v) is 4.09. The van der Waals surface area contributed by atoms with Gasteiger partial charge in [-0.25, -0.2) is 0 Å². The molecule has 4 N–H and O–H groups in total. The molecule has 4 nitrogen and oxygen atoms in total. The maximum Gasteiger partial charge on any atom is 0.237 e. The van der Waals surface area contributed by atoms with Crippen LogP contribution in [0.5, 0.6) is 0 Å². The summed E-state index contributed by atoms with van der Waals surface area (Å²) in [5.74, 6) is 0.808. The van der Waals surface area contributed by atoms with E-state index in [0.717, 1.165) is 22.2 Å². The van der Waals surface area contributed by atoms with Gasteiger partial charge < -0.3 is 16.0 Å². The summed E-state index contributed by atoms with van der Waals surface area (Å²) in [7, 11) is 0. The molecule has 1 heterocycles. The summed E-state index contributed by atoms with van der Waals surface area (Å²) in [6.45, 7) is 1.99. The molecule has 0 saturated carbocycles.